The Morgan fingerprint density at radius 2 is 1.80 bits per heavy atom. The lowest BCUT2D eigenvalue weighted by atomic mass is 9.95. The molecule has 0 radical (unpaired) electrons. The van der Waals surface area contributed by atoms with Gasteiger partial charge in [0.25, 0.3) is 11.8 Å². The van der Waals surface area contributed by atoms with Gasteiger partial charge in [0.1, 0.15) is 5.75 Å². The lowest BCUT2D eigenvalue weighted by Crippen LogP contribution is -2.37. The summed E-state index contributed by atoms with van der Waals surface area (Å²) in [6, 6.07) is 12.6. The minimum absolute atomic E-state index is 0.125. The standard InChI is InChI=1S/C27H34BrN3O3S/c1-2-3-4-10-17-34-24-16-15-19(18-22(24)28)25(32)31-27(35)30-23-14-9-8-13-21(23)26(33)29-20-11-6-5-7-12-20/h8-9,13-16,18,20H,2-7,10-12,17H2,1H3,(H,29,33)(H2,30,31,32,35). The van der Waals surface area contributed by atoms with E-state index in [9.17, 15) is 9.59 Å². The van der Waals surface area contributed by atoms with E-state index in [1.807, 2.05) is 12.1 Å². The quantitative estimate of drug-likeness (QED) is 0.226. The molecule has 2 amide bonds. The van der Waals surface area contributed by atoms with Gasteiger partial charge in [-0.05, 0) is 77.7 Å². The van der Waals surface area contributed by atoms with Gasteiger partial charge in [-0.25, -0.2) is 0 Å². The number of hydrogen-bond donors (Lipinski definition) is 3. The number of unbranched alkanes of at least 4 members (excludes halogenated alkanes) is 3. The van der Waals surface area contributed by atoms with E-state index >= 15 is 0 Å². The van der Waals surface area contributed by atoms with Crippen LogP contribution in [0.3, 0.4) is 0 Å². The molecule has 0 heterocycles. The molecule has 1 aliphatic carbocycles. The Morgan fingerprint density at radius 3 is 2.54 bits per heavy atom. The van der Waals surface area contributed by atoms with Crippen LogP contribution >= 0.6 is 28.1 Å². The first kappa shape index (κ1) is 27.1. The van der Waals surface area contributed by atoms with Crippen LogP contribution in [0.25, 0.3) is 0 Å². The highest BCUT2D eigenvalue weighted by Gasteiger charge is 2.19. The fourth-order valence-electron chi connectivity index (χ4n) is 4.10. The number of rotatable bonds is 10. The number of ether oxygens (including phenoxy) is 1. The van der Waals surface area contributed by atoms with Gasteiger partial charge in [0.05, 0.1) is 22.3 Å². The van der Waals surface area contributed by atoms with Crippen LogP contribution in [0.5, 0.6) is 5.75 Å². The molecule has 6 nitrogen and oxygen atoms in total. The van der Waals surface area contributed by atoms with E-state index in [2.05, 4.69) is 38.8 Å². The topological polar surface area (TPSA) is 79.5 Å². The molecule has 0 aromatic heterocycles. The largest absolute Gasteiger partial charge is 0.492 e. The van der Waals surface area contributed by atoms with Crippen molar-refractivity contribution in [1.29, 1.82) is 0 Å². The Kier molecular flexibility index (Phi) is 11.0. The zero-order valence-electron chi connectivity index (χ0n) is 20.2. The van der Waals surface area contributed by atoms with E-state index in [4.69, 9.17) is 17.0 Å². The molecule has 0 atom stereocenters. The Hall–Kier alpha value is -2.45. The lowest BCUT2D eigenvalue weighted by molar-refractivity contribution is 0.0927. The van der Waals surface area contributed by atoms with Crippen LogP contribution in [0.2, 0.25) is 0 Å². The van der Waals surface area contributed by atoms with E-state index in [-0.39, 0.29) is 23.0 Å². The van der Waals surface area contributed by atoms with Gasteiger partial charge < -0.3 is 15.4 Å². The molecule has 8 heteroatoms. The third-order valence-corrected chi connectivity index (χ3v) is 6.86. The number of nitrogens with one attached hydrogen (secondary N) is 3. The highest BCUT2D eigenvalue weighted by Crippen LogP contribution is 2.26. The average molecular weight is 561 g/mol. The summed E-state index contributed by atoms with van der Waals surface area (Å²) in [6.07, 6.45) is 10.1. The van der Waals surface area contributed by atoms with E-state index in [1.165, 1.54) is 19.3 Å². The molecular formula is C27H34BrN3O3S. The van der Waals surface area contributed by atoms with Crippen molar-refractivity contribution in [3.63, 3.8) is 0 Å². The predicted molar refractivity (Wildman–Crippen MR) is 148 cm³/mol. The van der Waals surface area contributed by atoms with Crippen molar-refractivity contribution in [2.75, 3.05) is 11.9 Å². The average Bonchev–Trinajstić information content (AvgIpc) is 2.85. The van der Waals surface area contributed by atoms with Gasteiger partial charge in [0.15, 0.2) is 5.11 Å². The van der Waals surface area contributed by atoms with Crippen molar-refractivity contribution < 1.29 is 14.3 Å². The van der Waals surface area contributed by atoms with Crippen molar-refractivity contribution in [3.8, 4) is 5.75 Å². The molecular weight excluding hydrogens is 526 g/mol. The van der Waals surface area contributed by atoms with Gasteiger partial charge in [0, 0.05) is 11.6 Å². The normalized spacial score (nSPS) is 13.7. The van der Waals surface area contributed by atoms with Crippen LogP contribution < -0.4 is 20.7 Å². The summed E-state index contributed by atoms with van der Waals surface area (Å²) in [7, 11) is 0. The van der Waals surface area contributed by atoms with E-state index in [0.717, 1.165) is 38.5 Å². The monoisotopic (exact) mass is 559 g/mol. The minimum Gasteiger partial charge on any atom is -0.492 e. The number of para-hydroxylation sites is 1. The first-order valence-electron chi connectivity index (χ1n) is 12.4. The molecule has 1 fully saturated rings. The fourth-order valence-corrected chi connectivity index (χ4v) is 4.80. The van der Waals surface area contributed by atoms with Gasteiger partial charge in [-0.1, -0.05) is 57.6 Å². The molecule has 2 aromatic rings. The summed E-state index contributed by atoms with van der Waals surface area (Å²) in [5.74, 6) is 0.224. The van der Waals surface area contributed by atoms with Crippen molar-refractivity contribution in [2.24, 2.45) is 0 Å². The van der Waals surface area contributed by atoms with Gasteiger partial charge >= 0.3 is 0 Å². The van der Waals surface area contributed by atoms with Crippen molar-refractivity contribution >= 4 is 50.8 Å². The summed E-state index contributed by atoms with van der Waals surface area (Å²) < 4.78 is 6.53. The highest BCUT2D eigenvalue weighted by molar-refractivity contribution is 9.10. The summed E-state index contributed by atoms with van der Waals surface area (Å²) >= 11 is 8.85. The molecule has 3 N–H and O–H groups in total. The first-order valence-corrected chi connectivity index (χ1v) is 13.6. The molecule has 0 saturated heterocycles. The van der Waals surface area contributed by atoms with Crippen LogP contribution in [0.4, 0.5) is 5.69 Å². The molecule has 2 aromatic carbocycles. The number of halogens is 1. The van der Waals surface area contributed by atoms with Crippen molar-refractivity contribution in [2.45, 2.75) is 70.8 Å². The summed E-state index contributed by atoms with van der Waals surface area (Å²) in [5.41, 5.74) is 1.50. The third kappa shape index (κ3) is 8.61. The smallest absolute Gasteiger partial charge is 0.257 e. The number of benzene rings is 2. The highest BCUT2D eigenvalue weighted by atomic mass is 79.9. The van der Waals surface area contributed by atoms with Gasteiger partial charge in [-0.15, -0.1) is 0 Å². The van der Waals surface area contributed by atoms with Gasteiger partial charge in [0.2, 0.25) is 0 Å². The Bertz CT molecular complexity index is 1020. The second-order valence-corrected chi connectivity index (χ2v) is 10.1. The third-order valence-electron chi connectivity index (χ3n) is 6.04. The van der Waals surface area contributed by atoms with Crippen LogP contribution in [-0.2, 0) is 0 Å². The second kappa shape index (κ2) is 14.2. The first-order chi connectivity index (χ1) is 17.0. The molecule has 0 unspecified atom stereocenters. The molecule has 0 spiro atoms. The van der Waals surface area contributed by atoms with Crippen LogP contribution in [-0.4, -0.2) is 29.6 Å². The van der Waals surface area contributed by atoms with Crippen molar-refractivity contribution in [3.05, 3.63) is 58.1 Å². The fraction of sp³-hybridized carbons (Fsp3) is 0.444. The van der Waals surface area contributed by atoms with Crippen LogP contribution in [0.15, 0.2) is 46.9 Å². The maximum atomic E-state index is 12.9. The maximum absolute atomic E-state index is 12.9. The summed E-state index contributed by atoms with van der Waals surface area (Å²) in [6.45, 7) is 2.82. The summed E-state index contributed by atoms with van der Waals surface area (Å²) in [4.78, 5) is 25.6. The predicted octanol–water partition coefficient (Wildman–Crippen LogP) is 6.60. The lowest BCUT2D eigenvalue weighted by Gasteiger charge is -2.23. The maximum Gasteiger partial charge on any atom is 0.257 e. The number of hydrogen-bond acceptors (Lipinski definition) is 4. The van der Waals surface area contributed by atoms with Crippen LogP contribution in [0, 0.1) is 0 Å². The Labute approximate surface area is 221 Å². The SMILES string of the molecule is CCCCCCOc1ccc(C(=O)NC(=S)Nc2ccccc2C(=O)NC2CCCCC2)cc1Br. The van der Waals surface area contributed by atoms with E-state index < -0.39 is 0 Å². The molecule has 1 aliphatic rings. The molecule has 1 saturated carbocycles. The summed E-state index contributed by atoms with van der Waals surface area (Å²) in [5, 5.41) is 8.95. The zero-order chi connectivity index (χ0) is 25.0. The minimum atomic E-state index is -0.346. The molecule has 35 heavy (non-hydrogen) atoms. The van der Waals surface area contributed by atoms with Gasteiger partial charge in [-0.3, -0.25) is 14.9 Å². The number of thiocarbonyl (C=S) groups is 1. The molecule has 3 rings (SSSR count). The molecule has 188 valence electrons. The number of carbonyl (C=O) groups is 2. The van der Waals surface area contributed by atoms with Gasteiger partial charge in [-0.2, -0.15) is 0 Å². The van der Waals surface area contributed by atoms with E-state index in [1.54, 1.807) is 30.3 Å². The Morgan fingerprint density at radius 1 is 1.03 bits per heavy atom. The second-order valence-electron chi connectivity index (χ2n) is 8.82. The molecule has 0 bridgehead atoms. The molecule has 0 aliphatic heterocycles. The number of carbonyl (C=O) groups excluding carboxylic acids is 2. The number of amides is 2. The zero-order valence-corrected chi connectivity index (χ0v) is 22.6. The van der Waals surface area contributed by atoms with E-state index in [0.29, 0.717) is 33.6 Å². The Balaban J connectivity index is 1.55. The van der Waals surface area contributed by atoms with Crippen LogP contribution in [0.1, 0.15) is 85.4 Å². The number of anilines is 1. The van der Waals surface area contributed by atoms with Crippen molar-refractivity contribution in [1.82, 2.24) is 10.6 Å².